The largest absolute Gasteiger partial charge is 0.497 e. The molecule has 4 rings (SSSR count). The molecular weight excluding hydrogens is 282 g/mol. The van der Waals surface area contributed by atoms with Crippen molar-refractivity contribution < 1.29 is 14.2 Å². The summed E-state index contributed by atoms with van der Waals surface area (Å²) >= 11 is 0. The average molecular weight is 297 g/mol. The normalized spacial score (nSPS) is 13.1. The van der Waals surface area contributed by atoms with Gasteiger partial charge in [0.05, 0.1) is 18.1 Å². The fourth-order valence-corrected chi connectivity index (χ4v) is 2.44. The molecule has 0 saturated heterocycles. The fraction of sp³-hybridized carbons (Fsp3) is 0.188. The van der Waals surface area contributed by atoms with Crippen molar-refractivity contribution in [1.29, 1.82) is 0 Å². The van der Waals surface area contributed by atoms with Crippen LogP contribution in [0.2, 0.25) is 0 Å². The molecule has 0 aliphatic carbocycles. The van der Waals surface area contributed by atoms with E-state index in [2.05, 4.69) is 15.3 Å². The van der Waals surface area contributed by atoms with E-state index in [9.17, 15) is 0 Å². The highest BCUT2D eigenvalue weighted by atomic mass is 16.6. The molecule has 22 heavy (non-hydrogen) atoms. The van der Waals surface area contributed by atoms with Crippen molar-refractivity contribution in [1.82, 2.24) is 9.97 Å². The number of anilines is 2. The summed E-state index contributed by atoms with van der Waals surface area (Å²) in [5.41, 5.74) is 2.62. The average Bonchev–Trinajstić information content (AvgIpc) is 2.93. The van der Waals surface area contributed by atoms with Crippen molar-refractivity contribution in [3.05, 3.63) is 36.4 Å². The molecule has 2 heterocycles. The summed E-state index contributed by atoms with van der Waals surface area (Å²) in [4.78, 5) is 7.76. The number of hydrogen-bond donors (Lipinski definition) is 2. The van der Waals surface area contributed by atoms with Crippen LogP contribution in [0.15, 0.2) is 36.4 Å². The maximum atomic E-state index is 5.58. The molecule has 1 aliphatic heterocycles. The zero-order valence-electron chi connectivity index (χ0n) is 12.1. The van der Waals surface area contributed by atoms with Gasteiger partial charge >= 0.3 is 0 Å². The molecule has 6 heteroatoms. The lowest BCUT2D eigenvalue weighted by atomic mass is 10.2. The molecule has 112 valence electrons. The number of benzene rings is 2. The summed E-state index contributed by atoms with van der Waals surface area (Å²) in [5, 5.41) is 3.23. The maximum absolute atomic E-state index is 5.58. The van der Waals surface area contributed by atoms with Gasteiger partial charge in [-0.3, -0.25) is 0 Å². The third-order valence-electron chi connectivity index (χ3n) is 3.48. The number of aromatic amines is 1. The number of H-pyrrole nitrogens is 1. The molecule has 0 amide bonds. The second kappa shape index (κ2) is 5.14. The van der Waals surface area contributed by atoms with E-state index < -0.39 is 0 Å². The van der Waals surface area contributed by atoms with Crippen LogP contribution in [0.3, 0.4) is 0 Å². The van der Waals surface area contributed by atoms with Crippen LogP contribution in [0.5, 0.6) is 17.2 Å². The molecule has 0 saturated carbocycles. The van der Waals surface area contributed by atoms with E-state index in [4.69, 9.17) is 14.2 Å². The van der Waals surface area contributed by atoms with Gasteiger partial charge in [0.1, 0.15) is 19.0 Å². The van der Waals surface area contributed by atoms with Crippen LogP contribution in [0.4, 0.5) is 11.6 Å². The second-order valence-electron chi connectivity index (χ2n) is 4.96. The van der Waals surface area contributed by atoms with Crippen LogP contribution >= 0.6 is 0 Å². The van der Waals surface area contributed by atoms with Crippen LogP contribution in [0.1, 0.15) is 0 Å². The maximum Gasteiger partial charge on any atom is 0.205 e. The van der Waals surface area contributed by atoms with Crippen molar-refractivity contribution in [2.75, 3.05) is 25.6 Å². The van der Waals surface area contributed by atoms with E-state index in [0.29, 0.717) is 19.2 Å². The Kier molecular flexibility index (Phi) is 3.00. The van der Waals surface area contributed by atoms with Gasteiger partial charge in [0.15, 0.2) is 11.5 Å². The first-order valence-electron chi connectivity index (χ1n) is 7.02. The van der Waals surface area contributed by atoms with E-state index >= 15 is 0 Å². The smallest absolute Gasteiger partial charge is 0.205 e. The van der Waals surface area contributed by atoms with Gasteiger partial charge in [-0.15, -0.1) is 0 Å². The summed E-state index contributed by atoms with van der Waals surface area (Å²) in [6.45, 7) is 1.14. The topological polar surface area (TPSA) is 68.4 Å². The van der Waals surface area contributed by atoms with Gasteiger partial charge in [0.2, 0.25) is 5.95 Å². The summed E-state index contributed by atoms with van der Waals surface area (Å²) in [6.07, 6.45) is 0. The fourth-order valence-electron chi connectivity index (χ4n) is 2.44. The molecular formula is C16H15N3O3. The van der Waals surface area contributed by atoms with Gasteiger partial charge in [-0.2, -0.15) is 0 Å². The summed E-state index contributed by atoms with van der Waals surface area (Å²) in [7, 11) is 1.64. The van der Waals surface area contributed by atoms with E-state index in [1.165, 1.54) is 0 Å². The zero-order valence-corrected chi connectivity index (χ0v) is 12.1. The van der Waals surface area contributed by atoms with E-state index in [0.717, 1.165) is 34.0 Å². The molecule has 0 atom stereocenters. The minimum atomic E-state index is 0.567. The van der Waals surface area contributed by atoms with Crippen LogP contribution in [0.25, 0.3) is 11.0 Å². The van der Waals surface area contributed by atoms with E-state index in [-0.39, 0.29) is 0 Å². The zero-order chi connectivity index (χ0) is 14.9. The lowest BCUT2D eigenvalue weighted by molar-refractivity contribution is 0.172. The summed E-state index contributed by atoms with van der Waals surface area (Å²) < 4.78 is 16.4. The highest BCUT2D eigenvalue weighted by molar-refractivity contribution is 5.82. The van der Waals surface area contributed by atoms with Gasteiger partial charge in [0.25, 0.3) is 0 Å². The molecule has 0 bridgehead atoms. The van der Waals surface area contributed by atoms with Gasteiger partial charge < -0.3 is 24.5 Å². The minimum absolute atomic E-state index is 0.567. The van der Waals surface area contributed by atoms with Crippen LogP contribution in [0, 0.1) is 0 Å². The van der Waals surface area contributed by atoms with Crippen LogP contribution in [-0.4, -0.2) is 30.3 Å². The minimum Gasteiger partial charge on any atom is -0.497 e. The van der Waals surface area contributed by atoms with Gasteiger partial charge in [-0.25, -0.2) is 4.98 Å². The van der Waals surface area contributed by atoms with Gasteiger partial charge in [0, 0.05) is 23.9 Å². The number of rotatable bonds is 3. The highest BCUT2D eigenvalue weighted by Gasteiger charge is 2.14. The first kappa shape index (κ1) is 12.8. The molecule has 6 nitrogen and oxygen atoms in total. The van der Waals surface area contributed by atoms with Crippen molar-refractivity contribution in [3.63, 3.8) is 0 Å². The Morgan fingerprint density at radius 3 is 2.77 bits per heavy atom. The monoisotopic (exact) mass is 297 g/mol. The number of aromatic nitrogens is 2. The molecule has 0 spiro atoms. The molecule has 2 N–H and O–H groups in total. The molecule has 0 unspecified atom stereocenters. The van der Waals surface area contributed by atoms with Crippen molar-refractivity contribution >= 4 is 22.7 Å². The molecule has 0 radical (unpaired) electrons. The number of nitrogens with one attached hydrogen (secondary N) is 2. The van der Waals surface area contributed by atoms with Crippen molar-refractivity contribution in [3.8, 4) is 17.2 Å². The summed E-state index contributed by atoms with van der Waals surface area (Å²) in [5.74, 6) is 2.93. The molecule has 1 aromatic heterocycles. The Labute approximate surface area is 127 Å². The van der Waals surface area contributed by atoms with Gasteiger partial charge in [-0.05, 0) is 12.1 Å². The lowest BCUT2D eigenvalue weighted by Gasteiger charge is -2.17. The third-order valence-corrected chi connectivity index (χ3v) is 3.48. The number of nitrogens with zero attached hydrogens (tertiary/aromatic N) is 1. The standard InChI is InChI=1S/C16H15N3O3/c1-20-11-4-2-3-10(7-11)17-16-18-12-8-14-15(9-13(12)19-16)22-6-5-21-14/h2-4,7-9H,5-6H2,1H3,(H2,17,18,19). The van der Waals surface area contributed by atoms with E-state index in [1.54, 1.807) is 7.11 Å². The number of methoxy groups -OCH3 is 1. The first-order valence-corrected chi connectivity index (χ1v) is 7.02. The summed E-state index contributed by atoms with van der Waals surface area (Å²) in [6, 6.07) is 11.5. The Balaban J connectivity index is 1.67. The lowest BCUT2D eigenvalue weighted by Crippen LogP contribution is -2.15. The van der Waals surface area contributed by atoms with Crippen molar-refractivity contribution in [2.24, 2.45) is 0 Å². The Hall–Kier alpha value is -2.89. The van der Waals surface area contributed by atoms with Crippen molar-refractivity contribution in [2.45, 2.75) is 0 Å². The molecule has 2 aromatic carbocycles. The molecule has 3 aromatic rings. The number of hydrogen-bond acceptors (Lipinski definition) is 5. The highest BCUT2D eigenvalue weighted by Crippen LogP contribution is 2.34. The Bertz CT molecular complexity index is 786. The Morgan fingerprint density at radius 2 is 1.95 bits per heavy atom. The predicted octanol–water partition coefficient (Wildman–Crippen LogP) is 3.09. The van der Waals surface area contributed by atoms with E-state index in [1.807, 2.05) is 36.4 Å². The quantitative estimate of drug-likeness (QED) is 0.777. The van der Waals surface area contributed by atoms with Crippen LogP contribution in [-0.2, 0) is 0 Å². The van der Waals surface area contributed by atoms with Crippen LogP contribution < -0.4 is 19.5 Å². The SMILES string of the molecule is COc1cccc(Nc2nc3cc4c(cc3[nH]2)OCCO4)c1. The first-order chi connectivity index (χ1) is 10.8. The predicted molar refractivity (Wildman–Crippen MR) is 83.4 cm³/mol. The second-order valence-corrected chi connectivity index (χ2v) is 4.96. The van der Waals surface area contributed by atoms with Gasteiger partial charge in [-0.1, -0.05) is 6.07 Å². The number of imidazole rings is 1. The Morgan fingerprint density at radius 1 is 1.14 bits per heavy atom. The molecule has 0 fully saturated rings. The number of fused-ring (bicyclic) bond motifs is 2. The third kappa shape index (κ3) is 2.28. The molecule has 1 aliphatic rings. The number of ether oxygens (including phenoxy) is 3.